The summed E-state index contributed by atoms with van der Waals surface area (Å²) in [6, 6.07) is 0. The van der Waals surface area contributed by atoms with Crippen LogP contribution in [-0.2, 0) is 0 Å². The number of allylic oxidation sites excluding steroid dienone is 2. The quantitative estimate of drug-likeness (QED) is 0.646. The molecule has 1 unspecified atom stereocenters. The van der Waals surface area contributed by atoms with E-state index in [1.807, 2.05) is 0 Å². The Bertz CT molecular complexity index is 158. The zero-order valence-electron chi connectivity index (χ0n) is 10.4. The topological polar surface area (TPSA) is 20.2 Å². The summed E-state index contributed by atoms with van der Waals surface area (Å²) < 4.78 is 0. The van der Waals surface area contributed by atoms with Crippen molar-refractivity contribution >= 4 is 0 Å². The molecule has 0 radical (unpaired) electrons. The van der Waals surface area contributed by atoms with Gasteiger partial charge in [0.2, 0.25) is 0 Å². The Hall–Kier alpha value is -0.300. The maximum atomic E-state index is 8.90. The zero-order valence-corrected chi connectivity index (χ0v) is 10.4. The molecule has 0 aliphatic rings. The van der Waals surface area contributed by atoms with Crippen molar-refractivity contribution in [2.24, 2.45) is 17.8 Å². The third kappa shape index (κ3) is 5.43. The largest absolute Gasteiger partial charge is 0.396 e. The molecular formula is C13H26O. The van der Waals surface area contributed by atoms with Crippen LogP contribution in [0.1, 0.15) is 47.5 Å². The SMILES string of the molecule is CC(CO)CCC=C(C(C)C)C(C)C. The molecule has 0 aliphatic carbocycles. The molecule has 0 aromatic rings. The Kier molecular flexibility index (Phi) is 6.90. The number of hydrogen-bond donors (Lipinski definition) is 1. The van der Waals surface area contributed by atoms with Gasteiger partial charge in [-0.1, -0.05) is 46.3 Å². The van der Waals surface area contributed by atoms with E-state index in [-0.39, 0.29) is 0 Å². The van der Waals surface area contributed by atoms with Gasteiger partial charge < -0.3 is 5.11 Å². The number of aliphatic hydroxyl groups is 1. The molecule has 0 amide bonds. The molecule has 84 valence electrons. The van der Waals surface area contributed by atoms with Gasteiger partial charge >= 0.3 is 0 Å². The van der Waals surface area contributed by atoms with Crippen LogP contribution in [0.2, 0.25) is 0 Å². The Labute approximate surface area is 89.2 Å². The second-order valence-corrected chi connectivity index (χ2v) is 4.88. The molecule has 0 aromatic heterocycles. The van der Waals surface area contributed by atoms with Gasteiger partial charge in [-0.25, -0.2) is 0 Å². The first kappa shape index (κ1) is 13.7. The van der Waals surface area contributed by atoms with Crippen molar-refractivity contribution in [2.45, 2.75) is 47.5 Å². The Balaban J connectivity index is 4.04. The van der Waals surface area contributed by atoms with Crippen LogP contribution in [0.4, 0.5) is 0 Å². The van der Waals surface area contributed by atoms with Gasteiger partial charge in [-0.15, -0.1) is 0 Å². The molecule has 14 heavy (non-hydrogen) atoms. The third-order valence-electron chi connectivity index (χ3n) is 2.68. The van der Waals surface area contributed by atoms with Crippen LogP contribution in [0.25, 0.3) is 0 Å². The van der Waals surface area contributed by atoms with E-state index in [0.717, 1.165) is 12.8 Å². The van der Waals surface area contributed by atoms with Crippen molar-refractivity contribution in [1.29, 1.82) is 0 Å². The van der Waals surface area contributed by atoms with Crippen molar-refractivity contribution in [3.63, 3.8) is 0 Å². The molecule has 0 rings (SSSR count). The fourth-order valence-corrected chi connectivity index (χ4v) is 1.76. The van der Waals surface area contributed by atoms with Crippen LogP contribution in [0.3, 0.4) is 0 Å². The first-order chi connectivity index (χ1) is 6.49. The lowest BCUT2D eigenvalue weighted by molar-refractivity contribution is 0.231. The average Bonchev–Trinajstić information content (AvgIpc) is 2.10. The Morgan fingerprint density at radius 2 is 1.57 bits per heavy atom. The molecule has 0 heterocycles. The molecule has 1 heteroatoms. The van der Waals surface area contributed by atoms with Gasteiger partial charge in [0.25, 0.3) is 0 Å². The minimum atomic E-state index is 0.312. The number of aliphatic hydroxyl groups excluding tert-OH is 1. The molecule has 0 fully saturated rings. The third-order valence-corrected chi connectivity index (χ3v) is 2.68. The summed E-state index contributed by atoms with van der Waals surface area (Å²) in [5, 5.41) is 8.90. The second kappa shape index (κ2) is 7.05. The van der Waals surface area contributed by atoms with E-state index in [0.29, 0.717) is 24.4 Å². The van der Waals surface area contributed by atoms with Crippen LogP contribution >= 0.6 is 0 Å². The molecule has 1 nitrogen and oxygen atoms in total. The summed E-state index contributed by atoms with van der Waals surface area (Å²) in [4.78, 5) is 0. The van der Waals surface area contributed by atoms with Gasteiger partial charge in [-0.2, -0.15) is 0 Å². The van der Waals surface area contributed by atoms with Crippen molar-refractivity contribution in [3.05, 3.63) is 11.6 Å². The first-order valence-corrected chi connectivity index (χ1v) is 5.79. The highest BCUT2D eigenvalue weighted by Crippen LogP contribution is 2.20. The predicted molar refractivity (Wildman–Crippen MR) is 63.2 cm³/mol. The summed E-state index contributed by atoms with van der Waals surface area (Å²) >= 11 is 0. The van der Waals surface area contributed by atoms with Gasteiger partial charge in [0, 0.05) is 6.61 Å². The summed E-state index contributed by atoms with van der Waals surface area (Å²) in [6.45, 7) is 11.4. The van der Waals surface area contributed by atoms with Crippen molar-refractivity contribution < 1.29 is 5.11 Å². The van der Waals surface area contributed by atoms with E-state index in [1.54, 1.807) is 5.57 Å². The summed E-state index contributed by atoms with van der Waals surface area (Å²) in [7, 11) is 0. The maximum Gasteiger partial charge on any atom is 0.0456 e. The average molecular weight is 198 g/mol. The van der Waals surface area contributed by atoms with Gasteiger partial charge in [-0.3, -0.25) is 0 Å². The monoisotopic (exact) mass is 198 g/mol. The molecule has 0 saturated carbocycles. The highest BCUT2D eigenvalue weighted by Gasteiger charge is 2.07. The molecule has 0 spiro atoms. The normalized spacial score (nSPS) is 13.4. The maximum absolute atomic E-state index is 8.90. The lowest BCUT2D eigenvalue weighted by atomic mass is 9.91. The molecular weight excluding hydrogens is 172 g/mol. The van der Waals surface area contributed by atoms with Crippen molar-refractivity contribution in [2.75, 3.05) is 6.61 Å². The van der Waals surface area contributed by atoms with Gasteiger partial charge in [-0.05, 0) is 30.6 Å². The van der Waals surface area contributed by atoms with Crippen LogP contribution in [0.5, 0.6) is 0 Å². The van der Waals surface area contributed by atoms with E-state index in [4.69, 9.17) is 5.11 Å². The first-order valence-electron chi connectivity index (χ1n) is 5.79. The fourth-order valence-electron chi connectivity index (χ4n) is 1.76. The molecule has 1 atom stereocenters. The van der Waals surface area contributed by atoms with Crippen molar-refractivity contribution in [1.82, 2.24) is 0 Å². The van der Waals surface area contributed by atoms with Crippen LogP contribution in [-0.4, -0.2) is 11.7 Å². The van der Waals surface area contributed by atoms with Gasteiger partial charge in [0.15, 0.2) is 0 Å². The van der Waals surface area contributed by atoms with E-state index in [1.165, 1.54) is 0 Å². The van der Waals surface area contributed by atoms with Crippen LogP contribution in [0, 0.1) is 17.8 Å². The molecule has 0 aromatic carbocycles. The number of hydrogen-bond acceptors (Lipinski definition) is 1. The van der Waals surface area contributed by atoms with E-state index >= 15 is 0 Å². The van der Waals surface area contributed by atoms with Crippen LogP contribution < -0.4 is 0 Å². The lowest BCUT2D eigenvalue weighted by Crippen LogP contribution is -2.03. The molecule has 0 saturated heterocycles. The fraction of sp³-hybridized carbons (Fsp3) is 0.846. The molecule has 1 N–H and O–H groups in total. The van der Waals surface area contributed by atoms with E-state index < -0.39 is 0 Å². The summed E-state index contributed by atoms with van der Waals surface area (Å²) in [5.74, 6) is 1.74. The van der Waals surface area contributed by atoms with Gasteiger partial charge in [0.1, 0.15) is 0 Å². The molecule has 0 aliphatic heterocycles. The minimum Gasteiger partial charge on any atom is -0.396 e. The predicted octanol–water partition coefficient (Wildman–Crippen LogP) is 3.63. The smallest absolute Gasteiger partial charge is 0.0456 e. The standard InChI is InChI=1S/C13H26O/c1-10(2)13(11(3)4)8-6-7-12(5)9-14/h8,10-12,14H,6-7,9H2,1-5H3. The van der Waals surface area contributed by atoms with Crippen LogP contribution in [0.15, 0.2) is 11.6 Å². The highest BCUT2D eigenvalue weighted by atomic mass is 16.3. The summed E-state index contributed by atoms with van der Waals surface area (Å²) in [6.07, 6.45) is 4.56. The molecule has 0 bridgehead atoms. The highest BCUT2D eigenvalue weighted by molar-refractivity contribution is 5.07. The zero-order chi connectivity index (χ0) is 11.1. The minimum absolute atomic E-state index is 0.312. The Morgan fingerprint density at radius 3 is 1.93 bits per heavy atom. The van der Waals surface area contributed by atoms with Crippen molar-refractivity contribution in [3.8, 4) is 0 Å². The Morgan fingerprint density at radius 1 is 1.07 bits per heavy atom. The lowest BCUT2D eigenvalue weighted by Gasteiger charge is -2.16. The van der Waals surface area contributed by atoms with Gasteiger partial charge in [0.05, 0.1) is 0 Å². The van der Waals surface area contributed by atoms with E-state index in [9.17, 15) is 0 Å². The van der Waals surface area contributed by atoms with E-state index in [2.05, 4.69) is 40.7 Å². The number of rotatable bonds is 6. The summed E-state index contributed by atoms with van der Waals surface area (Å²) in [5.41, 5.74) is 1.55. The second-order valence-electron chi connectivity index (χ2n) is 4.88.